The second-order valence-electron chi connectivity index (χ2n) is 4.70. The minimum absolute atomic E-state index is 0.0996. The number of carbonyl (C=O) groups excluding carboxylic acids is 1. The van der Waals surface area contributed by atoms with Crippen LogP contribution < -0.4 is 10.6 Å². The number of amides is 1. The van der Waals surface area contributed by atoms with Gasteiger partial charge in [-0.05, 0) is 61.4 Å². The van der Waals surface area contributed by atoms with Crippen LogP contribution in [0.2, 0.25) is 0 Å². The molecular formula is C16H17BrN2O. The van der Waals surface area contributed by atoms with Gasteiger partial charge in [0.2, 0.25) is 0 Å². The molecule has 0 aliphatic carbocycles. The Labute approximate surface area is 127 Å². The van der Waals surface area contributed by atoms with Crippen LogP contribution in [-0.2, 0) is 0 Å². The average molecular weight is 333 g/mol. The molecule has 0 heterocycles. The molecule has 0 saturated heterocycles. The van der Waals surface area contributed by atoms with Gasteiger partial charge in [-0.2, -0.15) is 0 Å². The fraction of sp³-hybridized carbons (Fsp3) is 0.188. The van der Waals surface area contributed by atoms with E-state index in [1.54, 1.807) is 0 Å². The Hall–Kier alpha value is -1.81. The first-order valence-corrected chi connectivity index (χ1v) is 7.16. The summed E-state index contributed by atoms with van der Waals surface area (Å²) < 4.78 is 1.03. The molecule has 0 spiro atoms. The number of nitrogens with one attached hydrogen (secondary N) is 2. The van der Waals surface area contributed by atoms with Crippen LogP contribution in [-0.4, -0.2) is 13.0 Å². The highest BCUT2D eigenvalue weighted by molar-refractivity contribution is 9.10. The van der Waals surface area contributed by atoms with Gasteiger partial charge < -0.3 is 10.6 Å². The van der Waals surface area contributed by atoms with Crippen molar-refractivity contribution in [3.63, 3.8) is 0 Å². The molecule has 2 rings (SSSR count). The summed E-state index contributed by atoms with van der Waals surface area (Å²) in [5.74, 6) is -0.0996. The largest absolute Gasteiger partial charge is 0.388 e. The first-order valence-electron chi connectivity index (χ1n) is 6.37. The number of hydrogen-bond acceptors (Lipinski definition) is 2. The molecular weight excluding hydrogens is 316 g/mol. The molecule has 0 aliphatic heterocycles. The molecule has 2 aromatic carbocycles. The molecule has 0 unspecified atom stereocenters. The van der Waals surface area contributed by atoms with E-state index in [9.17, 15) is 4.79 Å². The second-order valence-corrected chi connectivity index (χ2v) is 5.55. The first kappa shape index (κ1) is 14.6. The van der Waals surface area contributed by atoms with Crippen molar-refractivity contribution in [2.45, 2.75) is 13.8 Å². The van der Waals surface area contributed by atoms with Gasteiger partial charge in [0.1, 0.15) is 0 Å². The van der Waals surface area contributed by atoms with Crippen LogP contribution in [0.3, 0.4) is 0 Å². The SMILES string of the molecule is CNc1ccc(C(=O)Nc2ccc(Br)c(C)c2)cc1C. The molecule has 4 heteroatoms. The normalized spacial score (nSPS) is 10.2. The summed E-state index contributed by atoms with van der Waals surface area (Å²) >= 11 is 3.45. The maximum Gasteiger partial charge on any atom is 0.255 e. The number of benzene rings is 2. The van der Waals surface area contributed by atoms with Crippen molar-refractivity contribution in [3.8, 4) is 0 Å². The molecule has 1 amide bonds. The molecule has 0 radical (unpaired) electrons. The lowest BCUT2D eigenvalue weighted by Crippen LogP contribution is -2.12. The molecule has 0 fully saturated rings. The van der Waals surface area contributed by atoms with E-state index in [0.717, 1.165) is 27.0 Å². The minimum atomic E-state index is -0.0996. The van der Waals surface area contributed by atoms with Gasteiger partial charge in [0.25, 0.3) is 5.91 Å². The molecule has 104 valence electrons. The van der Waals surface area contributed by atoms with E-state index in [4.69, 9.17) is 0 Å². The molecule has 2 N–H and O–H groups in total. The maximum atomic E-state index is 12.2. The fourth-order valence-electron chi connectivity index (χ4n) is 2.01. The maximum absolute atomic E-state index is 12.2. The van der Waals surface area contributed by atoms with E-state index in [0.29, 0.717) is 5.56 Å². The Kier molecular flexibility index (Phi) is 4.45. The summed E-state index contributed by atoms with van der Waals surface area (Å²) in [6.45, 7) is 3.97. The lowest BCUT2D eigenvalue weighted by molar-refractivity contribution is 0.102. The number of hydrogen-bond donors (Lipinski definition) is 2. The van der Waals surface area contributed by atoms with Crippen molar-refractivity contribution in [2.24, 2.45) is 0 Å². The molecule has 0 aliphatic rings. The monoisotopic (exact) mass is 332 g/mol. The zero-order valence-corrected chi connectivity index (χ0v) is 13.3. The van der Waals surface area contributed by atoms with Crippen molar-refractivity contribution in [2.75, 3.05) is 17.7 Å². The Bertz CT molecular complexity index is 653. The smallest absolute Gasteiger partial charge is 0.255 e. The van der Waals surface area contributed by atoms with Gasteiger partial charge in [0.15, 0.2) is 0 Å². The number of anilines is 2. The van der Waals surface area contributed by atoms with Crippen molar-refractivity contribution in [3.05, 3.63) is 57.6 Å². The summed E-state index contributed by atoms with van der Waals surface area (Å²) in [4.78, 5) is 12.2. The van der Waals surface area contributed by atoms with Crippen LogP contribution >= 0.6 is 15.9 Å². The quantitative estimate of drug-likeness (QED) is 0.876. The van der Waals surface area contributed by atoms with Crippen LogP contribution in [0, 0.1) is 13.8 Å². The fourth-order valence-corrected chi connectivity index (χ4v) is 2.26. The third-order valence-corrected chi connectivity index (χ3v) is 4.06. The Balaban J connectivity index is 2.19. The third-order valence-electron chi connectivity index (χ3n) is 3.17. The number of halogens is 1. The van der Waals surface area contributed by atoms with Gasteiger partial charge in [-0.3, -0.25) is 4.79 Å². The topological polar surface area (TPSA) is 41.1 Å². The summed E-state index contributed by atoms with van der Waals surface area (Å²) in [6.07, 6.45) is 0. The van der Waals surface area contributed by atoms with Crippen LogP contribution in [0.15, 0.2) is 40.9 Å². The molecule has 0 aromatic heterocycles. The zero-order chi connectivity index (χ0) is 14.7. The van der Waals surface area contributed by atoms with E-state index in [2.05, 4.69) is 26.6 Å². The van der Waals surface area contributed by atoms with Gasteiger partial charge in [-0.25, -0.2) is 0 Å². The molecule has 2 aromatic rings. The molecule has 0 atom stereocenters. The van der Waals surface area contributed by atoms with Crippen LogP contribution in [0.5, 0.6) is 0 Å². The lowest BCUT2D eigenvalue weighted by atomic mass is 10.1. The van der Waals surface area contributed by atoms with E-state index < -0.39 is 0 Å². The van der Waals surface area contributed by atoms with E-state index in [1.807, 2.05) is 57.3 Å². The van der Waals surface area contributed by atoms with Gasteiger partial charge in [-0.1, -0.05) is 15.9 Å². The van der Waals surface area contributed by atoms with Crippen molar-refractivity contribution in [1.82, 2.24) is 0 Å². The Morgan fingerprint density at radius 2 is 1.80 bits per heavy atom. The van der Waals surface area contributed by atoms with Crippen molar-refractivity contribution >= 4 is 33.2 Å². The Morgan fingerprint density at radius 3 is 2.40 bits per heavy atom. The van der Waals surface area contributed by atoms with E-state index in [1.165, 1.54) is 0 Å². The zero-order valence-electron chi connectivity index (χ0n) is 11.8. The van der Waals surface area contributed by atoms with Crippen molar-refractivity contribution < 1.29 is 4.79 Å². The molecule has 0 bridgehead atoms. The number of aryl methyl sites for hydroxylation is 2. The summed E-state index contributed by atoms with van der Waals surface area (Å²) in [6, 6.07) is 11.4. The molecule has 20 heavy (non-hydrogen) atoms. The standard InChI is InChI=1S/C16H17BrN2O/c1-10-9-13(5-6-14(10)17)19-16(20)12-4-7-15(18-3)11(2)8-12/h4-9,18H,1-3H3,(H,19,20). The summed E-state index contributed by atoms with van der Waals surface area (Å²) in [7, 11) is 1.87. The van der Waals surface area contributed by atoms with Crippen molar-refractivity contribution in [1.29, 1.82) is 0 Å². The summed E-state index contributed by atoms with van der Waals surface area (Å²) in [5.41, 5.74) is 4.62. The van der Waals surface area contributed by atoms with Gasteiger partial charge >= 0.3 is 0 Å². The number of carbonyl (C=O) groups is 1. The molecule has 3 nitrogen and oxygen atoms in total. The van der Waals surface area contributed by atoms with Gasteiger partial charge in [0.05, 0.1) is 0 Å². The summed E-state index contributed by atoms with van der Waals surface area (Å²) in [5, 5.41) is 6.00. The Morgan fingerprint density at radius 1 is 1.05 bits per heavy atom. The average Bonchev–Trinajstić information content (AvgIpc) is 2.42. The van der Waals surface area contributed by atoms with Crippen LogP contribution in [0.4, 0.5) is 11.4 Å². The third kappa shape index (κ3) is 3.20. The highest BCUT2D eigenvalue weighted by Crippen LogP contribution is 2.21. The predicted octanol–water partition coefficient (Wildman–Crippen LogP) is 4.36. The molecule has 0 saturated carbocycles. The minimum Gasteiger partial charge on any atom is -0.388 e. The second kappa shape index (κ2) is 6.09. The van der Waals surface area contributed by atoms with E-state index in [-0.39, 0.29) is 5.91 Å². The van der Waals surface area contributed by atoms with Crippen LogP contribution in [0.1, 0.15) is 21.5 Å². The van der Waals surface area contributed by atoms with E-state index >= 15 is 0 Å². The van der Waals surface area contributed by atoms with Gasteiger partial charge in [-0.15, -0.1) is 0 Å². The van der Waals surface area contributed by atoms with Crippen LogP contribution in [0.25, 0.3) is 0 Å². The number of rotatable bonds is 3. The first-order chi connectivity index (χ1) is 9.51. The predicted molar refractivity (Wildman–Crippen MR) is 87.6 cm³/mol. The highest BCUT2D eigenvalue weighted by Gasteiger charge is 2.08. The highest BCUT2D eigenvalue weighted by atomic mass is 79.9. The lowest BCUT2D eigenvalue weighted by Gasteiger charge is -2.10. The van der Waals surface area contributed by atoms with Gasteiger partial charge in [0, 0.05) is 28.5 Å².